The molecule has 4 nitrogen and oxygen atoms in total. The highest BCUT2D eigenvalue weighted by Crippen LogP contribution is 2.29. The first kappa shape index (κ1) is 11.6. The number of anilines is 2. The Morgan fingerprint density at radius 1 is 1.35 bits per heavy atom. The van der Waals surface area contributed by atoms with Gasteiger partial charge in [0.25, 0.3) is 0 Å². The van der Waals surface area contributed by atoms with Crippen molar-refractivity contribution < 1.29 is 4.79 Å². The van der Waals surface area contributed by atoms with Crippen LogP contribution in [0.4, 0.5) is 10.8 Å². The lowest BCUT2D eigenvalue weighted by atomic mass is 10.1. The van der Waals surface area contributed by atoms with Crippen LogP contribution < -0.4 is 11.1 Å². The molecule has 0 spiro atoms. The molecule has 88 valence electrons. The molecular weight excluding hydrogens is 234 g/mol. The summed E-state index contributed by atoms with van der Waals surface area (Å²) in [4.78, 5) is 16.3. The fourth-order valence-electron chi connectivity index (χ4n) is 1.60. The molecule has 5 heteroatoms. The van der Waals surface area contributed by atoms with Gasteiger partial charge in [-0.2, -0.15) is 0 Å². The first-order chi connectivity index (χ1) is 8.06. The van der Waals surface area contributed by atoms with Crippen molar-refractivity contribution in [3.05, 3.63) is 29.1 Å². The summed E-state index contributed by atoms with van der Waals surface area (Å²) in [6, 6.07) is 7.55. The average Bonchev–Trinajstić information content (AvgIpc) is 2.58. The van der Waals surface area contributed by atoms with Crippen LogP contribution in [-0.4, -0.2) is 10.9 Å². The third kappa shape index (κ3) is 2.62. The summed E-state index contributed by atoms with van der Waals surface area (Å²) in [5, 5.41) is 3.29. The second-order valence-corrected chi connectivity index (χ2v) is 4.95. The van der Waals surface area contributed by atoms with E-state index >= 15 is 0 Å². The lowest BCUT2D eigenvalue weighted by Crippen LogP contribution is -2.05. The average molecular weight is 247 g/mol. The van der Waals surface area contributed by atoms with E-state index in [1.807, 2.05) is 31.2 Å². The fourth-order valence-corrected chi connectivity index (χ4v) is 2.31. The summed E-state index contributed by atoms with van der Waals surface area (Å²) in [6.07, 6.45) is 0. The molecule has 1 aromatic carbocycles. The van der Waals surface area contributed by atoms with E-state index in [4.69, 9.17) is 5.73 Å². The third-order valence-corrected chi connectivity index (χ3v) is 3.09. The van der Waals surface area contributed by atoms with Gasteiger partial charge in [-0.15, -0.1) is 11.3 Å². The van der Waals surface area contributed by atoms with E-state index in [0.717, 1.165) is 21.8 Å². The Hall–Kier alpha value is -1.88. The van der Waals surface area contributed by atoms with Crippen LogP contribution in [0.2, 0.25) is 0 Å². The van der Waals surface area contributed by atoms with E-state index in [-0.39, 0.29) is 5.91 Å². The van der Waals surface area contributed by atoms with Crippen LogP contribution in [0.3, 0.4) is 0 Å². The van der Waals surface area contributed by atoms with Crippen molar-refractivity contribution in [1.82, 2.24) is 4.98 Å². The van der Waals surface area contributed by atoms with Crippen LogP contribution >= 0.6 is 11.3 Å². The van der Waals surface area contributed by atoms with E-state index in [0.29, 0.717) is 5.13 Å². The zero-order chi connectivity index (χ0) is 12.4. The number of benzene rings is 1. The summed E-state index contributed by atoms with van der Waals surface area (Å²) in [5.74, 6) is -0.0770. The second-order valence-electron chi connectivity index (χ2n) is 3.72. The number of amides is 1. The van der Waals surface area contributed by atoms with E-state index in [2.05, 4.69) is 10.3 Å². The van der Waals surface area contributed by atoms with Gasteiger partial charge in [0, 0.05) is 23.1 Å². The molecule has 0 radical (unpaired) electrons. The maximum atomic E-state index is 10.9. The molecule has 2 rings (SSSR count). The van der Waals surface area contributed by atoms with E-state index < -0.39 is 0 Å². The Balaban J connectivity index is 2.29. The number of carbonyl (C=O) groups is 1. The Morgan fingerprint density at radius 3 is 2.47 bits per heavy atom. The SMILES string of the molecule is CC(=O)Nc1ccc(-c2nc(N)sc2C)cc1. The highest BCUT2D eigenvalue weighted by Gasteiger charge is 2.07. The molecule has 0 aliphatic heterocycles. The summed E-state index contributed by atoms with van der Waals surface area (Å²) in [6.45, 7) is 3.48. The summed E-state index contributed by atoms with van der Waals surface area (Å²) in [7, 11) is 0. The van der Waals surface area contributed by atoms with Gasteiger partial charge in [-0.25, -0.2) is 4.98 Å². The molecule has 0 aliphatic carbocycles. The molecular formula is C12H13N3OS. The number of rotatable bonds is 2. The predicted octanol–water partition coefficient (Wildman–Crippen LogP) is 2.66. The number of aromatic nitrogens is 1. The van der Waals surface area contributed by atoms with Crippen molar-refractivity contribution in [1.29, 1.82) is 0 Å². The van der Waals surface area contributed by atoms with Crippen molar-refractivity contribution in [2.75, 3.05) is 11.1 Å². The molecule has 17 heavy (non-hydrogen) atoms. The molecule has 1 heterocycles. The van der Waals surface area contributed by atoms with Gasteiger partial charge >= 0.3 is 0 Å². The van der Waals surface area contributed by atoms with Crippen LogP contribution in [0, 0.1) is 6.92 Å². The molecule has 2 aromatic rings. The van der Waals surface area contributed by atoms with Crippen LogP contribution in [0.15, 0.2) is 24.3 Å². The fraction of sp³-hybridized carbons (Fsp3) is 0.167. The van der Waals surface area contributed by atoms with Gasteiger partial charge in [0.05, 0.1) is 5.69 Å². The largest absolute Gasteiger partial charge is 0.375 e. The molecule has 0 bridgehead atoms. The second kappa shape index (κ2) is 4.55. The van der Waals surface area contributed by atoms with E-state index in [1.165, 1.54) is 18.3 Å². The molecule has 0 atom stereocenters. The first-order valence-electron chi connectivity index (χ1n) is 5.17. The van der Waals surface area contributed by atoms with Crippen LogP contribution in [0.5, 0.6) is 0 Å². The maximum Gasteiger partial charge on any atom is 0.221 e. The van der Waals surface area contributed by atoms with Gasteiger partial charge in [-0.1, -0.05) is 12.1 Å². The molecule has 1 aromatic heterocycles. The zero-order valence-electron chi connectivity index (χ0n) is 9.65. The minimum atomic E-state index is -0.0770. The Morgan fingerprint density at radius 2 is 2.00 bits per heavy atom. The van der Waals surface area contributed by atoms with E-state index in [9.17, 15) is 4.79 Å². The maximum absolute atomic E-state index is 10.9. The molecule has 0 aliphatic rings. The number of nitrogens with two attached hydrogens (primary N) is 1. The molecule has 0 unspecified atom stereocenters. The summed E-state index contributed by atoms with van der Waals surface area (Å²) < 4.78 is 0. The highest BCUT2D eigenvalue weighted by molar-refractivity contribution is 7.15. The van der Waals surface area contributed by atoms with Crippen LogP contribution in [-0.2, 0) is 4.79 Å². The van der Waals surface area contributed by atoms with Gasteiger partial charge in [-0.05, 0) is 19.1 Å². The molecule has 0 saturated heterocycles. The monoisotopic (exact) mass is 247 g/mol. The Kier molecular flexibility index (Phi) is 3.10. The number of hydrogen-bond acceptors (Lipinski definition) is 4. The minimum absolute atomic E-state index is 0.0770. The number of nitrogens with zero attached hydrogens (tertiary/aromatic N) is 1. The highest BCUT2D eigenvalue weighted by atomic mass is 32.1. The predicted molar refractivity (Wildman–Crippen MR) is 71.0 cm³/mol. The number of carbonyl (C=O) groups excluding carboxylic acids is 1. The molecule has 1 amide bonds. The molecule has 0 fully saturated rings. The lowest BCUT2D eigenvalue weighted by Gasteiger charge is -2.03. The number of hydrogen-bond donors (Lipinski definition) is 2. The van der Waals surface area contributed by atoms with Gasteiger partial charge in [0.1, 0.15) is 0 Å². The van der Waals surface area contributed by atoms with Crippen molar-refractivity contribution in [2.24, 2.45) is 0 Å². The summed E-state index contributed by atoms with van der Waals surface area (Å²) in [5.41, 5.74) is 8.35. The van der Waals surface area contributed by atoms with Crippen molar-refractivity contribution in [3.8, 4) is 11.3 Å². The van der Waals surface area contributed by atoms with Crippen LogP contribution in [0.25, 0.3) is 11.3 Å². The molecule has 0 saturated carbocycles. The van der Waals surface area contributed by atoms with E-state index in [1.54, 1.807) is 0 Å². The van der Waals surface area contributed by atoms with Gasteiger partial charge < -0.3 is 11.1 Å². The normalized spacial score (nSPS) is 10.2. The topological polar surface area (TPSA) is 68.0 Å². The summed E-state index contributed by atoms with van der Waals surface area (Å²) >= 11 is 1.48. The lowest BCUT2D eigenvalue weighted by molar-refractivity contribution is -0.114. The smallest absolute Gasteiger partial charge is 0.221 e. The van der Waals surface area contributed by atoms with Crippen LogP contribution in [0.1, 0.15) is 11.8 Å². The van der Waals surface area contributed by atoms with Gasteiger partial charge in [0.15, 0.2) is 5.13 Å². The Labute approximate surface area is 103 Å². The number of aryl methyl sites for hydroxylation is 1. The minimum Gasteiger partial charge on any atom is -0.375 e. The standard InChI is InChI=1S/C12H13N3OS/c1-7-11(15-12(13)17-7)9-3-5-10(6-4-9)14-8(2)16/h3-6H,1-2H3,(H2,13,15)(H,14,16). The zero-order valence-corrected chi connectivity index (χ0v) is 10.5. The molecule has 3 N–H and O–H groups in total. The number of nitrogens with one attached hydrogen (secondary N) is 1. The third-order valence-electron chi connectivity index (χ3n) is 2.29. The number of nitrogen functional groups attached to an aromatic ring is 1. The van der Waals surface area contributed by atoms with Gasteiger partial charge in [-0.3, -0.25) is 4.79 Å². The quantitative estimate of drug-likeness (QED) is 0.857. The number of thiazole rings is 1. The van der Waals surface area contributed by atoms with Crippen molar-refractivity contribution >= 4 is 28.1 Å². The van der Waals surface area contributed by atoms with Gasteiger partial charge in [0.2, 0.25) is 5.91 Å². The van der Waals surface area contributed by atoms with Crippen molar-refractivity contribution in [2.45, 2.75) is 13.8 Å². The first-order valence-corrected chi connectivity index (χ1v) is 5.99. The van der Waals surface area contributed by atoms with Crippen molar-refractivity contribution in [3.63, 3.8) is 0 Å². The Bertz CT molecular complexity index is 545.